The third-order valence-electron chi connectivity index (χ3n) is 5.25. The summed E-state index contributed by atoms with van der Waals surface area (Å²) in [6.45, 7) is 3.12. The average Bonchev–Trinajstić information content (AvgIpc) is 2.70. The molecule has 1 aliphatic heterocycles. The van der Waals surface area contributed by atoms with Crippen LogP contribution in [0.2, 0.25) is 0 Å². The van der Waals surface area contributed by atoms with Crippen molar-refractivity contribution in [1.82, 2.24) is 9.78 Å². The first-order chi connectivity index (χ1) is 13.7. The lowest BCUT2D eigenvalue weighted by molar-refractivity contribution is -0.269. The predicted molar refractivity (Wildman–Crippen MR) is 105 cm³/mol. The van der Waals surface area contributed by atoms with E-state index < -0.39 is 17.3 Å². The first-order valence-corrected chi connectivity index (χ1v) is 9.13. The second-order valence-corrected chi connectivity index (χ2v) is 7.53. The Morgan fingerprint density at radius 3 is 2.48 bits per heavy atom. The lowest BCUT2D eigenvalue weighted by atomic mass is 9.76. The van der Waals surface area contributed by atoms with Crippen LogP contribution < -0.4 is 10.3 Å². The van der Waals surface area contributed by atoms with Crippen LogP contribution in [-0.2, 0) is 0 Å². The fraction of sp³-hybridized carbons (Fsp3) is 0.227. The van der Waals surface area contributed by atoms with E-state index in [1.807, 2.05) is 6.07 Å². The normalized spacial score (nSPS) is 19.1. The van der Waals surface area contributed by atoms with Crippen LogP contribution in [0.5, 0.6) is 5.75 Å². The van der Waals surface area contributed by atoms with Gasteiger partial charge in [0.25, 0.3) is 5.56 Å². The van der Waals surface area contributed by atoms with Gasteiger partial charge in [-0.3, -0.25) is 9.59 Å². The zero-order valence-corrected chi connectivity index (χ0v) is 15.9. The van der Waals surface area contributed by atoms with E-state index in [1.165, 1.54) is 16.8 Å². The van der Waals surface area contributed by atoms with Gasteiger partial charge in [-0.15, -0.1) is 0 Å². The molecule has 0 saturated heterocycles. The number of benzene rings is 2. The molecule has 2 heterocycles. The zero-order chi connectivity index (χ0) is 20.8. The van der Waals surface area contributed by atoms with Crippen LogP contribution in [0.3, 0.4) is 0 Å². The number of aldehydes is 1. The number of aliphatic hydroxyl groups is 2. The van der Waals surface area contributed by atoms with Crippen LogP contribution >= 0.6 is 0 Å². The van der Waals surface area contributed by atoms with Gasteiger partial charge in [-0.1, -0.05) is 18.2 Å². The fourth-order valence-electron chi connectivity index (χ4n) is 3.57. The van der Waals surface area contributed by atoms with Crippen molar-refractivity contribution in [3.63, 3.8) is 0 Å². The van der Waals surface area contributed by atoms with Crippen LogP contribution in [0.4, 0.5) is 0 Å². The molecule has 29 heavy (non-hydrogen) atoms. The summed E-state index contributed by atoms with van der Waals surface area (Å²) in [5, 5.41) is 26.6. The Labute approximate surface area is 166 Å². The lowest BCUT2D eigenvalue weighted by Gasteiger charge is -2.47. The number of carbonyl (C=O) groups is 1. The van der Waals surface area contributed by atoms with E-state index in [0.717, 1.165) is 0 Å². The molecule has 0 fully saturated rings. The van der Waals surface area contributed by atoms with Crippen LogP contribution in [0, 0.1) is 0 Å². The van der Waals surface area contributed by atoms with Crippen molar-refractivity contribution in [2.75, 3.05) is 0 Å². The van der Waals surface area contributed by atoms with E-state index in [4.69, 9.17) is 4.74 Å². The molecule has 1 aromatic heterocycles. The number of hydrogen-bond donors (Lipinski definition) is 2. The lowest BCUT2D eigenvalue weighted by Crippen LogP contribution is -2.60. The Kier molecular flexibility index (Phi) is 4.37. The van der Waals surface area contributed by atoms with E-state index >= 15 is 0 Å². The van der Waals surface area contributed by atoms with E-state index in [-0.39, 0.29) is 11.3 Å². The summed E-state index contributed by atoms with van der Waals surface area (Å²) in [4.78, 5) is 23.7. The van der Waals surface area contributed by atoms with E-state index in [1.54, 1.807) is 56.3 Å². The van der Waals surface area contributed by atoms with Gasteiger partial charge in [0.05, 0.1) is 17.3 Å². The first kappa shape index (κ1) is 19.0. The molecule has 148 valence electrons. The van der Waals surface area contributed by atoms with Crippen molar-refractivity contribution in [2.24, 2.45) is 0 Å². The van der Waals surface area contributed by atoms with Crippen molar-refractivity contribution in [1.29, 1.82) is 0 Å². The molecule has 0 amide bonds. The van der Waals surface area contributed by atoms with Gasteiger partial charge in [-0.2, -0.15) is 9.78 Å². The number of carbonyl (C=O) groups excluding carboxylic acids is 1. The Bertz CT molecular complexity index is 1140. The molecule has 0 bridgehead atoms. The minimum Gasteiger partial charge on any atom is -0.482 e. The van der Waals surface area contributed by atoms with Gasteiger partial charge in [0.1, 0.15) is 12.0 Å². The molecule has 0 aliphatic carbocycles. The third-order valence-corrected chi connectivity index (χ3v) is 5.25. The van der Waals surface area contributed by atoms with E-state index in [2.05, 4.69) is 5.10 Å². The molecule has 2 N–H and O–H groups in total. The highest BCUT2D eigenvalue weighted by atomic mass is 16.6. The molecule has 0 radical (unpaired) electrons. The summed E-state index contributed by atoms with van der Waals surface area (Å²) in [5.74, 6) is -2.98. The van der Waals surface area contributed by atoms with Gasteiger partial charge < -0.3 is 14.9 Å². The Morgan fingerprint density at radius 2 is 1.79 bits per heavy atom. The monoisotopic (exact) mass is 392 g/mol. The van der Waals surface area contributed by atoms with Gasteiger partial charge in [-0.05, 0) is 50.2 Å². The minimum atomic E-state index is -2.35. The maximum Gasteiger partial charge on any atom is 0.271 e. The Hall–Kier alpha value is -3.29. The van der Waals surface area contributed by atoms with Crippen molar-refractivity contribution < 1.29 is 19.7 Å². The van der Waals surface area contributed by atoms with Crippen LogP contribution in [0.15, 0.2) is 65.5 Å². The maximum atomic E-state index is 12.4. The van der Waals surface area contributed by atoms with Gasteiger partial charge in [0.15, 0.2) is 5.60 Å². The summed E-state index contributed by atoms with van der Waals surface area (Å²) in [6, 6.07) is 16.4. The van der Waals surface area contributed by atoms with Gasteiger partial charge in [-0.25, -0.2) is 0 Å². The molecule has 1 unspecified atom stereocenters. The topological polar surface area (TPSA) is 102 Å². The number of nitrogens with zero attached hydrogens (tertiary/aromatic N) is 2. The highest BCUT2D eigenvalue weighted by Crippen LogP contribution is 2.48. The van der Waals surface area contributed by atoms with Crippen molar-refractivity contribution in [3.8, 4) is 11.4 Å². The molecule has 1 aliphatic rings. The molecule has 0 spiro atoms. The summed E-state index contributed by atoms with van der Waals surface area (Å²) in [7, 11) is 0. The SMILES string of the molecule is CC1(C)Oc2ccc(C=O)cc2C(c2ccc(=O)n(-c3ccccc3)n2)C1(O)O. The van der Waals surface area contributed by atoms with E-state index in [9.17, 15) is 19.8 Å². The van der Waals surface area contributed by atoms with E-state index in [0.29, 0.717) is 28.8 Å². The van der Waals surface area contributed by atoms with Crippen molar-refractivity contribution in [3.05, 3.63) is 87.8 Å². The highest BCUT2D eigenvalue weighted by molar-refractivity contribution is 5.76. The predicted octanol–water partition coefficient (Wildman–Crippen LogP) is 2.03. The number of fused-ring (bicyclic) bond motifs is 1. The summed E-state index contributed by atoms with van der Waals surface area (Å²) in [6.07, 6.45) is 0.672. The summed E-state index contributed by atoms with van der Waals surface area (Å²) >= 11 is 0. The van der Waals surface area contributed by atoms with Gasteiger partial charge >= 0.3 is 0 Å². The smallest absolute Gasteiger partial charge is 0.271 e. The number of aromatic nitrogens is 2. The summed E-state index contributed by atoms with van der Waals surface area (Å²) < 4.78 is 7.02. The van der Waals surface area contributed by atoms with Gasteiger partial charge in [0.2, 0.25) is 5.79 Å². The van der Waals surface area contributed by atoms with Gasteiger partial charge in [0, 0.05) is 17.2 Å². The molecule has 7 heteroatoms. The summed E-state index contributed by atoms with van der Waals surface area (Å²) in [5.41, 5.74) is -0.139. The second-order valence-electron chi connectivity index (χ2n) is 7.53. The van der Waals surface area contributed by atoms with Crippen LogP contribution in [-0.4, -0.2) is 37.7 Å². The highest BCUT2D eigenvalue weighted by Gasteiger charge is 2.56. The van der Waals surface area contributed by atoms with Crippen LogP contribution in [0.25, 0.3) is 5.69 Å². The molecule has 4 rings (SSSR count). The number of ether oxygens (including phenoxy) is 1. The third kappa shape index (κ3) is 3.04. The standard InChI is InChI=1S/C22H20N2O5/c1-21(2)22(27,28)20(16-12-14(13-25)8-10-18(16)29-21)17-9-11-19(26)24(23-17)15-6-4-3-5-7-15/h3-13,20,27-28H,1-2H3. The molecular formula is C22H20N2O5. The average molecular weight is 392 g/mol. The molecular weight excluding hydrogens is 372 g/mol. The number of hydrogen-bond acceptors (Lipinski definition) is 6. The molecule has 2 aromatic carbocycles. The number of para-hydroxylation sites is 1. The largest absolute Gasteiger partial charge is 0.482 e. The Balaban J connectivity index is 1.96. The fourth-order valence-corrected chi connectivity index (χ4v) is 3.57. The van der Waals surface area contributed by atoms with Crippen LogP contribution in [0.1, 0.15) is 41.4 Å². The quantitative estimate of drug-likeness (QED) is 0.522. The molecule has 1 atom stereocenters. The minimum absolute atomic E-state index is 0.263. The molecule has 0 saturated carbocycles. The first-order valence-electron chi connectivity index (χ1n) is 9.13. The van der Waals surface area contributed by atoms with Crippen molar-refractivity contribution >= 4 is 6.29 Å². The molecule has 7 nitrogen and oxygen atoms in total. The Morgan fingerprint density at radius 1 is 1.07 bits per heavy atom. The second kappa shape index (κ2) is 6.65. The zero-order valence-electron chi connectivity index (χ0n) is 15.9. The van der Waals surface area contributed by atoms with Crippen molar-refractivity contribution in [2.45, 2.75) is 31.2 Å². The maximum absolute atomic E-state index is 12.4. The number of rotatable bonds is 3. The molecule has 3 aromatic rings.